The van der Waals surface area contributed by atoms with Crippen molar-refractivity contribution < 1.29 is 4.57 Å². The number of nitrogens with zero attached hydrogens (tertiary/aromatic N) is 3. The van der Waals surface area contributed by atoms with E-state index < -0.39 is 0 Å². The number of benzene rings is 1. The van der Waals surface area contributed by atoms with E-state index in [1.807, 2.05) is 22.9 Å². The van der Waals surface area contributed by atoms with E-state index in [2.05, 4.69) is 35.6 Å². The van der Waals surface area contributed by atoms with Crippen molar-refractivity contribution in [1.29, 1.82) is 0 Å². The van der Waals surface area contributed by atoms with E-state index in [4.69, 9.17) is 12.6 Å². The van der Waals surface area contributed by atoms with Gasteiger partial charge in [0.05, 0.1) is 6.54 Å². The molecule has 1 aromatic carbocycles. The fraction of sp³-hybridized carbons (Fsp3) is 0.467. The first-order chi connectivity index (χ1) is 9.24. The summed E-state index contributed by atoms with van der Waals surface area (Å²) in [5, 5.41) is 5.15. The molecule has 0 aliphatic rings. The Balaban J connectivity index is 2.16. The maximum Gasteiger partial charge on any atom is 0.237 e. The van der Waals surface area contributed by atoms with Gasteiger partial charge in [-0.2, -0.15) is 0 Å². The molecule has 0 spiro atoms. The van der Waals surface area contributed by atoms with Gasteiger partial charge in [-0.05, 0) is 18.6 Å². The number of rotatable bonds is 6. The van der Waals surface area contributed by atoms with Gasteiger partial charge in [0.1, 0.15) is 5.69 Å². The van der Waals surface area contributed by atoms with Crippen LogP contribution in [0, 0.1) is 6.92 Å². The van der Waals surface area contributed by atoms with Crippen LogP contribution in [0.15, 0.2) is 35.5 Å². The molecule has 0 bridgehead atoms. The van der Waals surface area contributed by atoms with Crippen LogP contribution in [0.3, 0.4) is 0 Å². The standard InChI is InChI=1S/C15H21N3S/c1-3-4-5-9-12-17-13(2)18(16-15(17)19)14-10-7-6-8-11-14/h6-8,10-11H,3-5,9,12H2,1-2H3. The third-order valence-electron chi connectivity index (χ3n) is 3.35. The first-order valence-corrected chi connectivity index (χ1v) is 7.36. The Labute approximate surface area is 120 Å². The van der Waals surface area contributed by atoms with Crippen molar-refractivity contribution >= 4 is 12.6 Å². The summed E-state index contributed by atoms with van der Waals surface area (Å²) in [7, 11) is 0. The van der Waals surface area contributed by atoms with E-state index in [9.17, 15) is 0 Å². The highest BCUT2D eigenvalue weighted by Crippen LogP contribution is 2.08. The van der Waals surface area contributed by atoms with Crippen LogP contribution in [0.5, 0.6) is 0 Å². The molecule has 0 unspecified atom stereocenters. The van der Waals surface area contributed by atoms with Gasteiger partial charge in [-0.1, -0.05) is 49.1 Å². The van der Waals surface area contributed by atoms with Crippen LogP contribution in [0.4, 0.5) is 0 Å². The fourth-order valence-corrected chi connectivity index (χ4v) is 2.54. The molecule has 1 heterocycles. The summed E-state index contributed by atoms with van der Waals surface area (Å²) in [6, 6.07) is 10.2. The SMILES string of the molecule is CCCCCC[n+]1c([S-])nn(-c2ccccc2)c1C. The monoisotopic (exact) mass is 275 g/mol. The summed E-state index contributed by atoms with van der Waals surface area (Å²) in [5.41, 5.74) is 1.07. The highest BCUT2D eigenvalue weighted by atomic mass is 32.1. The van der Waals surface area contributed by atoms with Crippen LogP contribution in [0.2, 0.25) is 0 Å². The molecular weight excluding hydrogens is 254 g/mol. The van der Waals surface area contributed by atoms with Gasteiger partial charge in [0.15, 0.2) is 5.16 Å². The summed E-state index contributed by atoms with van der Waals surface area (Å²) >= 11 is 5.37. The summed E-state index contributed by atoms with van der Waals surface area (Å²) in [6.45, 7) is 5.28. The van der Waals surface area contributed by atoms with E-state index in [0.717, 1.165) is 18.1 Å². The van der Waals surface area contributed by atoms with Crippen LogP contribution < -0.4 is 4.57 Å². The largest absolute Gasteiger partial charge is 0.703 e. The van der Waals surface area contributed by atoms with Gasteiger partial charge in [-0.3, -0.25) is 4.57 Å². The Kier molecular flexibility index (Phi) is 4.91. The number of aromatic nitrogens is 3. The van der Waals surface area contributed by atoms with E-state index in [1.165, 1.54) is 25.7 Å². The molecule has 2 aromatic rings. The van der Waals surface area contributed by atoms with E-state index >= 15 is 0 Å². The first-order valence-electron chi connectivity index (χ1n) is 6.96. The molecule has 0 saturated carbocycles. The topological polar surface area (TPSA) is 21.7 Å². The molecule has 0 N–H and O–H groups in total. The molecule has 102 valence electrons. The van der Waals surface area contributed by atoms with Crippen LogP contribution in [-0.2, 0) is 19.2 Å². The molecule has 3 nitrogen and oxygen atoms in total. The number of hydrogen-bond acceptors (Lipinski definition) is 2. The Morgan fingerprint density at radius 1 is 1.16 bits per heavy atom. The van der Waals surface area contributed by atoms with Gasteiger partial charge in [0.25, 0.3) is 0 Å². The quantitative estimate of drug-likeness (QED) is 0.459. The van der Waals surface area contributed by atoms with Crippen molar-refractivity contribution in [1.82, 2.24) is 9.78 Å². The number of unbranched alkanes of at least 4 members (excludes halogenated alkanes) is 3. The zero-order chi connectivity index (χ0) is 13.7. The molecule has 0 amide bonds. The van der Waals surface area contributed by atoms with Gasteiger partial charge < -0.3 is 12.6 Å². The maximum atomic E-state index is 5.37. The van der Waals surface area contributed by atoms with Crippen molar-refractivity contribution in [3.8, 4) is 5.69 Å². The predicted octanol–water partition coefficient (Wildman–Crippen LogP) is 2.95. The molecule has 2 rings (SSSR count). The van der Waals surface area contributed by atoms with E-state index in [0.29, 0.717) is 5.16 Å². The van der Waals surface area contributed by atoms with Gasteiger partial charge in [-0.15, -0.1) is 0 Å². The molecule has 0 atom stereocenters. The number of para-hydroxylation sites is 1. The minimum atomic E-state index is 0.679. The second kappa shape index (κ2) is 6.66. The lowest BCUT2D eigenvalue weighted by atomic mass is 10.2. The van der Waals surface area contributed by atoms with Gasteiger partial charge in [-0.25, -0.2) is 0 Å². The van der Waals surface area contributed by atoms with Crippen LogP contribution in [0.25, 0.3) is 5.69 Å². The highest BCUT2D eigenvalue weighted by Gasteiger charge is 2.16. The molecule has 4 heteroatoms. The summed E-state index contributed by atoms with van der Waals surface area (Å²) in [5.74, 6) is 1.10. The van der Waals surface area contributed by atoms with E-state index in [-0.39, 0.29) is 0 Å². The minimum Gasteiger partial charge on any atom is -0.703 e. The summed E-state index contributed by atoms with van der Waals surface area (Å²) in [4.78, 5) is 0. The molecule has 0 aliphatic heterocycles. The van der Waals surface area contributed by atoms with Crippen molar-refractivity contribution in [3.63, 3.8) is 0 Å². The third-order valence-corrected chi connectivity index (χ3v) is 3.65. The van der Waals surface area contributed by atoms with Gasteiger partial charge in [0.2, 0.25) is 5.82 Å². The van der Waals surface area contributed by atoms with E-state index in [1.54, 1.807) is 0 Å². The lowest BCUT2D eigenvalue weighted by Gasteiger charge is -2.04. The smallest absolute Gasteiger partial charge is 0.237 e. The van der Waals surface area contributed by atoms with Crippen molar-refractivity contribution in [2.45, 2.75) is 51.2 Å². The Morgan fingerprint density at radius 3 is 2.58 bits per heavy atom. The predicted molar refractivity (Wildman–Crippen MR) is 78.3 cm³/mol. The molecule has 0 radical (unpaired) electrons. The lowest BCUT2D eigenvalue weighted by Crippen LogP contribution is -2.38. The summed E-state index contributed by atoms with van der Waals surface area (Å²) in [6.07, 6.45) is 4.98. The zero-order valence-corrected chi connectivity index (χ0v) is 12.5. The summed E-state index contributed by atoms with van der Waals surface area (Å²) < 4.78 is 4.07. The van der Waals surface area contributed by atoms with Crippen molar-refractivity contribution in [3.05, 3.63) is 36.2 Å². The van der Waals surface area contributed by atoms with Crippen molar-refractivity contribution in [2.75, 3.05) is 0 Å². The number of hydrogen-bond donors (Lipinski definition) is 0. The van der Waals surface area contributed by atoms with Crippen LogP contribution in [-0.4, -0.2) is 9.78 Å². The van der Waals surface area contributed by atoms with Gasteiger partial charge >= 0.3 is 0 Å². The second-order valence-electron chi connectivity index (χ2n) is 4.79. The van der Waals surface area contributed by atoms with Crippen LogP contribution >= 0.6 is 0 Å². The second-order valence-corrected chi connectivity index (χ2v) is 5.15. The van der Waals surface area contributed by atoms with Crippen molar-refractivity contribution in [2.24, 2.45) is 0 Å². The molecule has 1 aromatic heterocycles. The zero-order valence-electron chi connectivity index (χ0n) is 11.7. The third kappa shape index (κ3) is 3.32. The Morgan fingerprint density at radius 2 is 1.89 bits per heavy atom. The normalized spacial score (nSPS) is 10.8. The molecular formula is C15H21N3S. The average molecular weight is 275 g/mol. The van der Waals surface area contributed by atoms with Crippen LogP contribution in [0.1, 0.15) is 38.4 Å². The fourth-order valence-electron chi connectivity index (χ4n) is 2.23. The average Bonchev–Trinajstić information content (AvgIpc) is 2.72. The lowest BCUT2D eigenvalue weighted by molar-refractivity contribution is -0.739. The molecule has 0 saturated heterocycles. The maximum absolute atomic E-state index is 5.37. The first kappa shape index (κ1) is 14.0. The van der Waals surface area contributed by atoms with Gasteiger partial charge in [0, 0.05) is 12.0 Å². The molecule has 19 heavy (non-hydrogen) atoms. The highest BCUT2D eigenvalue weighted by molar-refractivity contribution is 7.58. The molecule has 0 aliphatic carbocycles. The Hall–Kier alpha value is -1.42. The molecule has 0 fully saturated rings. The Bertz CT molecular complexity index is 520. The minimum absolute atomic E-state index is 0.679.